The summed E-state index contributed by atoms with van der Waals surface area (Å²) in [6.07, 6.45) is 3.92. The Morgan fingerprint density at radius 3 is 2.39 bits per heavy atom. The molecular formula is C24H23ClN6O2. The predicted octanol–water partition coefficient (Wildman–Crippen LogP) is 4.15. The summed E-state index contributed by atoms with van der Waals surface area (Å²) in [5.74, 6) is 2.77. The molecule has 168 valence electrons. The Hall–Kier alpha value is -3.65. The Kier molecular flexibility index (Phi) is 5.60. The average Bonchev–Trinajstić information content (AvgIpc) is 3.49. The summed E-state index contributed by atoms with van der Waals surface area (Å²) in [6.45, 7) is 6.10. The highest BCUT2D eigenvalue weighted by molar-refractivity contribution is 6.33. The number of carbonyl (C=O) groups is 1. The molecule has 5 rings (SSSR count). The monoisotopic (exact) mass is 462 g/mol. The van der Waals surface area contributed by atoms with Gasteiger partial charge in [0.2, 0.25) is 0 Å². The number of amides is 1. The van der Waals surface area contributed by atoms with Crippen LogP contribution in [0, 0.1) is 13.8 Å². The summed E-state index contributed by atoms with van der Waals surface area (Å²) in [5.41, 5.74) is 1.63. The Balaban J connectivity index is 1.34. The molecule has 0 unspecified atom stereocenters. The lowest BCUT2D eigenvalue weighted by Crippen LogP contribution is -2.49. The topological polar surface area (TPSA) is 80.3 Å². The number of hydrogen-bond acceptors (Lipinski definition) is 6. The lowest BCUT2D eigenvalue weighted by molar-refractivity contribution is 0.0745. The van der Waals surface area contributed by atoms with Crippen molar-refractivity contribution in [2.45, 2.75) is 13.8 Å². The van der Waals surface area contributed by atoms with E-state index in [1.165, 1.54) is 0 Å². The first kappa shape index (κ1) is 21.2. The minimum absolute atomic E-state index is 0.102. The van der Waals surface area contributed by atoms with E-state index in [-0.39, 0.29) is 5.91 Å². The molecule has 0 radical (unpaired) electrons. The molecule has 4 heterocycles. The molecule has 0 spiro atoms. The average molecular weight is 463 g/mol. The maximum Gasteiger partial charge on any atom is 0.259 e. The van der Waals surface area contributed by atoms with Gasteiger partial charge in [-0.1, -0.05) is 35.0 Å². The third-order valence-electron chi connectivity index (χ3n) is 5.78. The summed E-state index contributed by atoms with van der Waals surface area (Å²) in [7, 11) is 0. The van der Waals surface area contributed by atoms with Gasteiger partial charge in [-0.15, -0.1) is 0 Å². The van der Waals surface area contributed by atoms with Gasteiger partial charge >= 0.3 is 0 Å². The van der Waals surface area contributed by atoms with Gasteiger partial charge in [0.15, 0.2) is 0 Å². The number of rotatable bonds is 4. The molecule has 1 aliphatic rings. The molecule has 3 aromatic heterocycles. The van der Waals surface area contributed by atoms with Crippen LogP contribution in [0.4, 0.5) is 5.82 Å². The number of halogens is 1. The highest BCUT2D eigenvalue weighted by atomic mass is 35.5. The van der Waals surface area contributed by atoms with Crippen LogP contribution in [-0.2, 0) is 0 Å². The van der Waals surface area contributed by atoms with Gasteiger partial charge in [-0.25, -0.2) is 9.97 Å². The van der Waals surface area contributed by atoms with E-state index in [1.54, 1.807) is 13.0 Å². The van der Waals surface area contributed by atoms with E-state index in [2.05, 4.69) is 20.0 Å². The highest BCUT2D eigenvalue weighted by Crippen LogP contribution is 2.32. The zero-order chi connectivity index (χ0) is 22.9. The van der Waals surface area contributed by atoms with Gasteiger partial charge in [-0.05, 0) is 32.0 Å². The Morgan fingerprint density at radius 1 is 0.970 bits per heavy atom. The van der Waals surface area contributed by atoms with Crippen molar-refractivity contribution in [2.24, 2.45) is 0 Å². The van der Waals surface area contributed by atoms with Crippen molar-refractivity contribution in [2.75, 3.05) is 31.1 Å². The third kappa shape index (κ3) is 4.09. The summed E-state index contributed by atoms with van der Waals surface area (Å²) < 4.78 is 7.34. The van der Waals surface area contributed by atoms with Crippen LogP contribution in [0.15, 0.2) is 59.4 Å². The molecule has 1 saturated heterocycles. The summed E-state index contributed by atoms with van der Waals surface area (Å²) in [6, 6.07) is 13.2. The second kappa shape index (κ2) is 8.71. The number of benzene rings is 1. The van der Waals surface area contributed by atoms with Crippen LogP contribution in [0.2, 0.25) is 5.02 Å². The van der Waals surface area contributed by atoms with Crippen LogP contribution in [0.3, 0.4) is 0 Å². The molecule has 0 atom stereocenters. The lowest BCUT2D eigenvalue weighted by atomic mass is 10.0. The number of hydrogen-bond donors (Lipinski definition) is 0. The van der Waals surface area contributed by atoms with Crippen molar-refractivity contribution in [3.63, 3.8) is 0 Å². The summed E-state index contributed by atoms with van der Waals surface area (Å²) in [4.78, 5) is 26.6. The van der Waals surface area contributed by atoms with Gasteiger partial charge in [0.25, 0.3) is 5.91 Å². The standard InChI is InChI=1S/C24H23ClN6O2/c1-16-22(23(28-33-16)18-7-3-4-8-19(18)25)24(32)31-13-11-30(12-14-31)21-15-20(26-17(2)27-21)29-9-5-6-10-29/h3-10,15H,11-14H2,1-2H3. The number of piperazine rings is 1. The summed E-state index contributed by atoms with van der Waals surface area (Å²) in [5, 5.41) is 4.66. The molecule has 33 heavy (non-hydrogen) atoms. The third-order valence-corrected chi connectivity index (χ3v) is 6.11. The van der Waals surface area contributed by atoms with Crippen molar-refractivity contribution in [1.29, 1.82) is 0 Å². The van der Waals surface area contributed by atoms with E-state index in [4.69, 9.17) is 16.1 Å². The Labute approximate surface area is 196 Å². The van der Waals surface area contributed by atoms with Gasteiger partial charge in [0, 0.05) is 50.2 Å². The van der Waals surface area contributed by atoms with Gasteiger partial charge in [-0.2, -0.15) is 0 Å². The zero-order valence-electron chi connectivity index (χ0n) is 18.4. The van der Waals surface area contributed by atoms with E-state index in [0.29, 0.717) is 59.6 Å². The first-order valence-corrected chi connectivity index (χ1v) is 11.1. The fourth-order valence-corrected chi connectivity index (χ4v) is 4.30. The molecule has 8 nitrogen and oxygen atoms in total. The lowest BCUT2D eigenvalue weighted by Gasteiger charge is -2.35. The fourth-order valence-electron chi connectivity index (χ4n) is 4.08. The quantitative estimate of drug-likeness (QED) is 0.453. The number of aromatic nitrogens is 4. The van der Waals surface area contributed by atoms with Crippen LogP contribution in [0.25, 0.3) is 17.1 Å². The van der Waals surface area contributed by atoms with Crippen molar-refractivity contribution in [3.8, 4) is 17.1 Å². The minimum Gasteiger partial charge on any atom is -0.360 e. The molecule has 1 fully saturated rings. The van der Waals surface area contributed by atoms with E-state index in [0.717, 1.165) is 11.6 Å². The van der Waals surface area contributed by atoms with Crippen molar-refractivity contribution in [1.82, 2.24) is 24.6 Å². The van der Waals surface area contributed by atoms with Gasteiger partial charge in [0.05, 0.1) is 5.02 Å². The molecule has 1 aliphatic heterocycles. The molecule has 0 aliphatic carbocycles. The van der Waals surface area contributed by atoms with E-state index in [1.807, 2.05) is 65.2 Å². The van der Waals surface area contributed by atoms with Crippen molar-refractivity contribution >= 4 is 23.3 Å². The van der Waals surface area contributed by atoms with Crippen LogP contribution in [-0.4, -0.2) is 56.7 Å². The van der Waals surface area contributed by atoms with Crippen LogP contribution in [0.5, 0.6) is 0 Å². The van der Waals surface area contributed by atoms with Crippen LogP contribution < -0.4 is 4.90 Å². The first-order valence-electron chi connectivity index (χ1n) is 10.8. The fraction of sp³-hybridized carbons (Fsp3) is 0.250. The molecular weight excluding hydrogens is 440 g/mol. The number of aryl methyl sites for hydroxylation is 2. The first-order chi connectivity index (χ1) is 16.0. The molecule has 0 N–H and O–H groups in total. The maximum atomic E-state index is 13.4. The normalized spacial score (nSPS) is 14.0. The molecule has 4 aromatic rings. The number of nitrogens with zero attached hydrogens (tertiary/aromatic N) is 6. The van der Waals surface area contributed by atoms with Gasteiger partial charge in [-0.3, -0.25) is 4.79 Å². The van der Waals surface area contributed by atoms with Crippen molar-refractivity contribution < 1.29 is 9.32 Å². The zero-order valence-corrected chi connectivity index (χ0v) is 19.2. The van der Waals surface area contributed by atoms with Crippen molar-refractivity contribution in [3.05, 3.63) is 77.0 Å². The van der Waals surface area contributed by atoms with E-state index >= 15 is 0 Å². The van der Waals surface area contributed by atoms with Gasteiger partial charge in [0.1, 0.15) is 34.5 Å². The number of carbonyl (C=O) groups excluding carboxylic acids is 1. The maximum absolute atomic E-state index is 13.4. The second-order valence-electron chi connectivity index (χ2n) is 7.94. The molecule has 1 aromatic carbocycles. The largest absolute Gasteiger partial charge is 0.360 e. The molecule has 0 bridgehead atoms. The smallest absolute Gasteiger partial charge is 0.259 e. The molecule has 9 heteroatoms. The number of anilines is 1. The molecule has 0 saturated carbocycles. The minimum atomic E-state index is -0.102. The SMILES string of the molecule is Cc1nc(N2CCN(C(=O)c3c(-c4ccccc4Cl)noc3C)CC2)cc(-n2cccc2)n1. The highest BCUT2D eigenvalue weighted by Gasteiger charge is 2.29. The van der Waals surface area contributed by atoms with E-state index < -0.39 is 0 Å². The van der Waals surface area contributed by atoms with Gasteiger partial charge < -0.3 is 18.9 Å². The van der Waals surface area contributed by atoms with Crippen LogP contribution >= 0.6 is 11.6 Å². The second-order valence-corrected chi connectivity index (χ2v) is 8.35. The van der Waals surface area contributed by atoms with E-state index in [9.17, 15) is 4.79 Å². The predicted molar refractivity (Wildman–Crippen MR) is 126 cm³/mol. The Morgan fingerprint density at radius 2 is 1.67 bits per heavy atom. The Bertz CT molecular complexity index is 1290. The van der Waals surface area contributed by atoms with Crippen LogP contribution in [0.1, 0.15) is 21.9 Å². The molecule has 1 amide bonds. The summed E-state index contributed by atoms with van der Waals surface area (Å²) >= 11 is 6.35.